The number of pyridine rings is 1. The zero-order valence-electron chi connectivity index (χ0n) is 10.9. The van der Waals surface area contributed by atoms with Gasteiger partial charge in [-0.15, -0.1) is 0 Å². The first-order valence-corrected chi connectivity index (χ1v) is 6.99. The molecule has 0 atom stereocenters. The van der Waals surface area contributed by atoms with E-state index in [2.05, 4.69) is 15.6 Å². The summed E-state index contributed by atoms with van der Waals surface area (Å²) in [6, 6.07) is 7.90. The van der Waals surface area contributed by atoms with Gasteiger partial charge < -0.3 is 10.6 Å². The Hall–Kier alpha value is -1.52. The van der Waals surface area contributed by atoms with Crippen LogP contribution in [0.5, 0.6) is 0 Å². The van der Waals surface area contributed by atoms with E-state index < -0.39 is 0 Å². The van der Waals surface area contributed by atoms with Crippen molar-refractivity contribution in [2.45, 2.75) is 13.3 Å². The number of para-hydroxylation sites is 1. The van der Waals surface area contributed by atoms with Crippen LogP contribution >= 0.6 is 23.2 Å². The summed E-state index contributed by atoms with van der Waals surface area (Å²) in [5.41, 5.74) is 0.311. The van der Waals surface area contributed by atoms with Gasteiger partial charge in [0, 0.05) is 6.54 Å². The maximum atomic E-state index is 13.6. The molecule has 0 bridgehead atoms. The fourth-order valence-corrected chi connectivity index (χ4v) is 2.08. The van der Waals surface area contributed by atoms with E-state index in [9.17, 15) is 4.39 Å². The van der Waals surface area contributed by atoms with Crippen LogP contribution in [0.15, 0.2) is 30.3 Å². The summed E-state index contributed by atoms with van der Waals surface area (Å²) in [6.07, 6.45) is 0.941. The van der Waals surface area contributed by atoms with Crippen LogP contribution in [-0.4, -0.2) is 11.5 Å². The molecule has 2 N–H and O–H groups in total. The summed E-state index contributed by atoms with van der Waals surface area (Å²) in [6.45, 7) is 2.78. The van der Waals surface area contributed by atoms with Gasteiger partial charge in [-0.3, -0.25) is 0 Å². The Bertz CT molecular complexity index is 605. The molecule has 0 aliphatic heterocycles. The molecular weight excluding hydrogens is 300 g/mol. The van der Waals surface area contributed by atoms with Crippen molar-refractivity contribution >= 4 is 40.5 Å². The topological polar surface area (TPSA) is 37.0 Å². The van der Waals surface area contributed by atoms with Crippen LogP contribution in [0.25, 0.3) is 0 Å². The summed E-state index contributed by atoms with van der Waals surface area (Å²) in [5.74, 6) is 0.514. The molecular formula is C14H14Cl2FN3. The van der Waals surface area contributed by atoms with Gasteiger partial charge in [-0.1, -0.05) is 42.3 Å². The Labute approximate surface area is 127 Å². The monoisotopic (exact) mass is 313 g/mol. The van der Waals surface area contributed by atoms with Gasteiger partial charge in [-0.05, 0) is 24.6 Å². The normalized spacial score (nSPS) is 10.4. The first-order chi connectivity index (χ1) is 9.61. The van der Waals surface area contributed by atoms with Crippen LogP contribution in [0.4, 0.5) is 21.7 Å². The number of hydrogen-bond acceptors (Lipinski definition) is 3. The number of aromatic nitrogens is 1. The van der Waals surface area contributed by atoms with Crippen LogP contribution < -0.4 is 10.6 Å². The first-order valence-electron chi connectivity index (χ1n) is 6.23. The number of nitrogens with one attached hydrogen (secondary N) is 2. The molecule has 0 amide bonds. The number of halogens is 3. The number of hydrogen-bond donors (Lipinski definition) is 2. The van der Waals surface area contributed by atoms with Crippen molar-refractivity contribution in [2.75, 3.05) is 17.2 Å². The summed E-state index contributed by atoms with van der Waals surface area (Å²) in [5, 5.41) is 6.73. The Morgan fingerprint density at radius 3 is 2.55 bits per heavy atom. The minimum atomic E-state index is -0.372. The highest BCUT2D eigenvalue weighted by molar-refractivity contribution is 6.37. The molecule has 20 heavy (non-hydrogen) atoms. The van der Waals surface area contributed by atoms with Crippen LogP contribution in [-0.2, 0) is 0 Å². The number of nitrogens with zero attached hydrogens (tertiary/aromatic N) is 1. The highest BCUT2D eigenvalue weighted by Crippen LogP contribution is 2.31. The third-order valence-electron chi connectivity index (χ3n) is 2.60. The van der Waals surface area contributed by atoms with Crippen LogP contribution in [0, 0.1) is 5.82 Å². The standard InChI is InChI=1S/C14H14Cl2FN3/c1-2-7-18-13-9(15)8-10(16)14(20-13)19-12-6-4-3-5-11(12)17/h3-6,8H,2,7H2,1H3,(H2,18,19,20). The minimum absolute atomic E-state index is 0.311. The molecule has 0 spiro atoms. The Balaban J connectivity index is 2.29. The van der Waals surface area contributed by atoms with E-state index in [1.54, 1.807) is 24.3 Å². The molecule has 2 rings (SSSR count). The molecule has 0 saturated heterocycles. The molecule has 0 fully saturated rings. The average Bonchev–Trinajstić information content (AvgIpc) is 2.43. The quantitative estimate of drug-likeness (QED) is 0.807. The maximum absolute atomic E-state index is 13.6. The lowest BCUT2D eigenvalue weighted by molar-refractivity contribution is 0.632. The van der Waals surface area contributed by atoms with E-state index in [0.717, 1.165) is 13.0 Å². The minimum Gasteiger partial charge on any atom is -0.369 e. The second-order valence-electron chi connectivity index (χ2n) is 4.18. The summed E-state index contributed by atoms with van der Waals surface area (Å²) in [4.78, 5) is 4.29. The van der Waals surface area contributed by atoms with Crippen molar-refractivity contribution in [2.24, 2.45) is 0 Å². The third-order valence-corrected chi connectivity index (χ3v) is 3.18. The maximum Gasteiger partial charge on any atom is 0.151 e. The van der Waals surface area contributed by atoms with Crippen molar-refractivity contribution in [1.82, 2.24) is 4.98 Å². The van der Waals surface area contributed by atoms with Crippen molar-refractivity contribution in [1.29, 1.82) is 0 Å². The summed E-state index contributed by atoms with van der Waals surface area (Å²) >= 11 is 12.1. The Morgan fingerprint density at radius 2 is 1.85 bits per heavy atom. The molecule has 1 aromatic heterocycles. The molecule has 0 aliphatic rings. The summed E-state index contributed by atoms with van der Waals surface area (Å²) in [7, 11) is 0. The number of rotatable bonds is 5. The van der Waals surface area contributed by atoms with Gasteiger partial charge in [0.05, 0.1) is 15.7 Å². The molecule has 1 heterocycles. The molecule has 106 valence electrons. The van der Waals surface area contributed by atoms with E-state index in [1.807, 2.05) is 6.92 Å². The first kappa shape index (κ1) is 14.9. The van der Waals surface area contributed by atoms with Gasteiger partial charge in [0.1, 0.15) is 11.6 Å². The highest BCUT2D eigenvalue weighted by Gasteiger charge is 2.10. The van der Waals surface area contributed by atoms with Gasteiger partial charge in [0.2, 0.25) is 0 Å². The van der Waals surface area contributed by atoms with Gasteiger partial charge in [-0.25, -0.2) is 9.37 Å². The van der Waals surface area contributed by atoms with E-state index in [-0.39, 0.29) is 5.82 Å². The second-order valence-corrected chi connectivity index (χ2v) is 5.00. The fraction of sp³-hybridized carbons (Fsp3) is 0.214. The van der Waals surface area contributed by atoms with E-state index in [0.29, 0.717) is 27.4 Å². The largest absolute Gasteiger partial charge is 0.369 e. The second kappa shape index (κ2) is 6.77. The molecule has 0 radical (unpaired) electrons. The van der Waals surface area contributed by atoms with Crippen LogP contribution in [0.2, 0.25) is 10.0 Å². The Morgan fingerprint density at radius 1 is 1.15 bits per heavy atom. The van der Waals surface area contributed by atoms with Gasteiger partial charge >= 0.3 is 0 Å². The predicted octanol–water partition coefficient (Wildman–Crippen LogP) is 5.09. The molecule has 2 aromatic rings. The number of benzene rings is 1. The van der Waals surface area contributed by atoms with Gasteiger partial charge in [0.15, 0.2) is 5.82 Å². The molecule has 1 aromatic carbocycles. The average molecular weight is 314 g/mol. The molecule has 6 heteroatoms. The van der Waals surface area contributed by atoms with Gasteiger partial charge in [-0.2, -0.15) is 0 Å². The fourth-order valence-electron chi connectivity index (χ4n) is 1.61. The molecule has 3 nitrogen and oxygen atoms in total. The van der Waals surface area contributed by atoms with E-state index in [4.69, 9.17) is 23.2 Å². The highest BCUT2D eigenvalue weighted by atomic mass is 35.5. The van der Waals surface area contributed by atoms with Crippen LogP contribution in [0.1, 0.15) is 13.3 Å². The third kappa shape index (κ3) is 3.52. The van der Waals surface area contributed by atoms with Gasteiger partial charge in [0.25, 0.3) is 0 Å². The molecule has 0 unspecified atom stereocenters. The molecule has 0 aliphatic carbocycles. The van der Waals surface area contributed by atoms with E-state index >= 15 is 0 Å². The lowest BCUT2D eigenvalue weighted by Gasteiger charge is -2.12. The lowest BCUT2D eigenvalue weighted by Crippen LogP contribution is -2.05. The SMILES string of the molecule is CCCNc1nc(Nc2ccccc2F)c(Cl)cc1Cl. The van der Waals surface area contributed by atoms with Crippen molar-refractivity contribution < 1.29 is 4.39 Å². The van der Waals surface area contributed by atoms with Crippen LogP contribution in [0.3, 0.4) is 0 Å². The lowest BCUT2D eigenvalue weighted by atomic mass is 10.3. The molecule has 0 saturated carbocycles. The van der Waals surface area contributed by atoms with Crippen molar-refractivity contribution in [3.8, 4) is 0 Å². The van der Waals surface area contributed by atoms with Crippen molar-refractivity contribution in [3.05, 3.63) is 46.2 Å². The van der Waals surface area contributed by atoms with E-state index in [1.165, 1.54) is 6.07 Å². The Kier molecular flexibility index (Phi) is 5.04. The zero-order valence-corrected chi connectivity index (χ0v) is 12.4. The summed E-state index contributed by atoms with van der Waals surface area (Å²) < 4.78 is 13.6. The van der Waals surface area contributed by atoms with Crippen molar-refractivity contribution in [3.63, 3.8) is 0 Å². The smallest absolute Gasteiger partial charge is 0.151 e. The predicted molar refractivity (Wildman–Crippen MR) is 82.7 cm³/mol. The zero-order chi connectivity index (χ0) is 14.5. The number of anilines is 3.